The molecule has 0 spiro atoms. The molecule has 0 aromatic heterocycles. The lowest BCUT2D eigenvalue weighted by atomic mass is 10.0. The Morgan fingerprint density at radius 3 is 2.50 bits per heavy atom. The fourth-order valence-corrected chi connectivity index (χ4v) is 3.23. The van der Waals surface area contributed by atoms with E-state index >= 15 is 0 Å². The second-order valence-electron chi connectivity index (χ2n) is 6.16. The van der Waals surface area contributed by atoms with E-state index in [1.165, 1.54) is 12.1 Å². The minimum absolute atomic E-state index is 0.0687. The minimum atomic E-state index is -0.384. The highest BCUT2D eigenvalue weighted by molar-refractivity contribution is 5.93. The molecule has 1 aliphatic rings. The number of rotatable bonds is 4. The molecule has 1 saturated heterocycles. The van der Waals surface area contributed by atoms with Gasteiger partial charge >= 0.3 is 0 Å². The van der Waals surface area contributed by atoms with Crippen LogP contribution in [0.2, 0.25) is 0 Å². The van der Waals surface area contributed by atoms with E-state index in [1.54, 1.807) is 31.3 Å². The number of halogens is 1. The summed E-state index contributed by atoms with van der Waals surface area (Å²) in [4.78, 5) is 13.8. The number of carbonyl (C=O) groups is 1. The minimum Gasteiger partial charge on any atom is -0.392 e. The van der Waals surface area contributed by atoms with Gasteiger partial charge in [0.1, 0.15) is 5.82 Å². The Hall–Kier alpha value is -2.24. The van der Waals surface area contributed by atoms with Gasteiger partial charge in [0.15, 0.2) is 0 Å². The van der Waals surface area contributed by atoms with Gasteiger partial charge in [0.05, 0.1) is 6.10 Å². The summed E-state index contributed by atoms with van der Waals surface area (Å²) in [5.74, 6) is -0.365. The highest BCUT2D eigenvalue weighted by atomic mass is 19.1. The zero-order valence-electron chi connectivity index (χ0n) is 13.6. The summed E-state index contributed by atoms with van der Waals surface area (Å²) < 4.78 is 13.1. The topological polar surface area (TPSA) is 52.6 Å². The fourth-order valence-electron chi connectivity index (χ4n) is 3.23. The van der Waals surface area contributed by atoms with Gasteiger partial charge in [0.2, 0.25) is 0 Å². The number of likely N-dealkylation sites (tertiary alicyclic amines) is 1. The van der Waals surface area contributed by atoms with E-state index in [1.807, 2.05) is 12.1 Å². The third kappa shape index (κ3) is 3.63. The molecule has 2 aromatic carbocycles. The standard InChI is InChI=1S/C19H21FN2O2/c1-21-19(24)15-4-2-13(3-5-15)11-22-12-17(23)10-18(22)14-6-8-16(20)9-7-14/h2-9,17-18,23H,10-12H2,1H3,(H,21,24). The van der Waals surface area contributed by atoms with Gasteiger partial charge in [-0.1, -0.05) is 24.3 Å². The zero-order valence-corrected chi connectivity index (χ0v) is 13.6. The average Bonchev–Trinajstić information content (AvgIpc) is 2.96. The van der Waals surface area contributed by atoms with E-state index in [2.05, 4.69) is 10.2 Å². The highest BCUT2D eigenvalue weighted by Crippen LogP contribution is 2.33. The lowest BCUT2D eigenvalue weighted by Crippen LogP contribution is -2.24. The molecule has 1 fully saturated rings. The number of nitrogens with zero attached hydrogens (tertiary/aromatic N) is 1. The van der Waals surface area contributed by atoms with Crippen LogP contribution in [-0.4, -0.2) is 35.6 Å². The molecule has 3 rings (SSSR count). The predicted octanol–water partition coefficient (Wildman–Crippen LogP) is 2.49. The van der Waals surface area contributed by atoms with Crippen LogP contribution in [0.3, 0.4) is 0 Å². The van der Waals surface area contributed by atoms with Crippen molar-refractivity contribution in [2.75, 3.05) is 13.6 Å². The summed E-state index contributed by atoms with van der Waals surface area (Å²) >= 11 is 0. The van der Waals surface area contributed by atoms with Crippen molar-refractivity contribution in [2.24, 2.45) is 0 Å². The molecule has 2 unspecified atom stereocenters. The molecule has 4 nitrogen and oxygen atoms in total. The van der Waals surface area contributed by atoms with Crippen molar-refractivity contribution in [3.63, 3.8) is 0 Å². The first-order valence-electron chi connectivity index (χ1n) is 8.05. The Morgan fingerprint density at radius 1 is 1.21 bits per heavy atom. The van der Waals surface area contributed by atoms with E-state index < -0.39 is 0 Å². The molecule has 1 amide bonds. The Labute approximate surface area is 140 Å². The highest BCUT2D eigenvalue weighted by Gasteiger charge is 2.31. The van der Waals surface area contributed by atoms with Crippen LogP contribution in [0.1, 0.15) is 33.9 Å². The number of amides is 1. The molecular weight excluding hydrogens is 307 g/mol. The average molecular weight is 328 g/mol. The zero-order chi connectivity index (χ0) is 17.1. The van der Waals surface area contributed by atoms with Crippen molar-refractivity contribution in [3.05, 3.63) is 71.0 Å². The van der Waals surface area contributed by atoms with Crippen molar-refractivity contribution in [2.45, 2.75) is 25.1 Å². The lowest BCUT2D eigenvalue weighted by molar-refractivity contribution is 0.0963. The van der Waals surface area contributed by atoms with Gasteiger partial charge in [-0.2, -0.15) is 0 Å². The summed E-state index contributed by atoms with van der Waals surface area (Å²) in [5.41, 5.74) is 2.71. The van der Waals surface area contributed by atoms with E-state index in [0.29, 0.717) is 25.1 Å². The van der Waals surface area contributed by atoms with Crippen molar-refractivity contribution in [3.8, 4) is 0 Å². The van der Waals surface area contributed by atoms with Crippen molar-refractivity contribution >= 4 is 5.91 Å². The van der Waals surface area contributed by atoms with Crippen LogP contribution in [0.5, 0.6) is 0 Å². The molecule has 0 aliphatic carbocycles. The molecule has 1 heterocycles. The van der Waals surface area contributed by atoms with Crippen LogP contribution in [0.15, 0.2) is 48.5 Å². The van der Waals surface area contributed by atoms with E-state index in [-0.39, 0.29) is 23.9 Å². The van der Waals surface area contributed by atoms with Crippen LogP contribution in [0.4, 0.5) is 4.39 Å². The van der Waals surface area contributed by atoms with Crippen LogP contribution in [0.25, 0.3) is 0 Å². The monoisotopic (exact) mass is 328 g/mol. The van der Waals surface area contributed by atoms with Gasteiger partial charge in [0.25, 0.3) is 5.91 Å². The van der Waals surface area contributed by atoms with Gasteiger partial charge < -0.3 is 10.4 Å². The van der Waals surface area contributed by atoms with Crippen LogP contribution in [-0.2, 0) is 6.54 Å². The number of benzene rings is 2. The van der Waals surface area contributed by atoms with Gasteiger partial charge in [0, 0.05) is 31.7 Å². The van der Waals surface area contributed by atoms with E-state index in [0.717, 1.165) is 11.1 Å². The van der Waals surface area contributed by atoms with Gasteiger partial charge in [-0.3, -0.25) is 9.69 Å². The number of carbonyl (C=O) groups excluding carboxylic acids is 1. The van der Waals surface area contributed by atoms with Crippen LogP contribution < -0.4 is 5.32 Å². The number of β-amino-alcohol motifs (C(OH)–C–C–N with tert-alkyl or cyclic N) is 1. The normalized spacial score (nSPS) is 21.0. The molecule has 0 bridgehead atoms. The third-order valence-corrected chi connectivity index (χ3v) is 4.46. The number of hydrogen-bond donors (Lipinski definition) is 2. The van der Waals surface area contributed by atoms with Crippen LogP contribution >= 0.6 is 0 Å². The summed E-state index contributed by atoms with van der Waals surface area (Å²) in [6, 6.07) is 14.0. The largest absolute Gasteiger partial charge is 0.392 e. The maximum Gasteiger partial charge on any atom is 0.251 e. The maximum absolute atomic E-state index is 13.1. The molecule has 1 aliphatic heterocycles. The molecule has 2 N–H and O–H groups in total. The predicted molar refractivity (Wildman–Crippen MR) is 90.0 cm³/mol. The molecule has 126 valence electrons. The molecule has 0 saturated carbocycles. The summed E-state index contributed by atoms with van der Waals surface area (Å²) in [6.07, 6.45) is 0.257. The van der Waals surface area contributed by atoms with Crippen molar-refractivity contribution in [1.82, 2.24) is 10.2 Å². The fraction of sp³-hybridized carbons (Fsp3) is 0.316. The second-order valence-corrected chi connectivity index (χ2v) is 6.16. The number of aliphatic hydroxyl groups is 1. The van der Waals surface area contributed by atoms with Gasteiger partial charge in [-0.05, 0) is 41.8 Å². The first-order valence-corrected chi connectivity index (χ1v) is 8.05. The van der Waals surface area contributed by atoms with Crippen molar-refractivity contribution in [1.29, 1.82) is 0 Å². The lowest BCUT2D eigenvalue weighted by Gasteiger charge is -2.24. The molecular formula is C19H21FN2O2. The molecule has 24 heavy (non-hydrogen) atoms. The molecule has 2 aromatic rings. The maximum atomic E-state index is 13.1. The Balaban J connectivity index is 1.75. The van der Waals surface area contributed by atoms with E-state index in [9.17, 15) is 14.3 Å². The quantitative estimate of drug-likeness (QED) is 0.907. The van der Waals surface area contributed by atoms with Crippen molar-refractivity contribution < 1.29 is 14.3 Å². The first kappa shape index (κ1) is 16.6. The Bertz CT molecular complexity index is 700. The first-order chi connectivity index (χ1) is 11.6. The summed E-state index contributed by atoms with van der Waals surface area (Å²) in [6.45, 7) is 1.26. The summed E-state index contributed by atoms with van der Waals surface area (Å²) in [7, 11) is 1.61. The molecule has 0 radical (unpaired) electrons. The van der Waals surface area contributed by atoms with E-state index in [4.69, 9.17) is 0 Å². The molecule has 2 atom stereocenters. The Morgan fingerprint density at radius 2 is 1.88 bits per heavy atom. The SMILES string of the molecule is CNC(=O)c1ccc(CN2CC(O)CC2c2ccc(F)cc2)cc1. The Kier molecular flexibility index (Phi) is 4.92. The number of nitrogens with one attached hydrogen (secondary N) is 1. The van der Waals surface area contributed by atoms with Gasteiger partial charge in [-0.15, -0.1) is 0 Å². The number of hydrogen-bond acceptors (Lipinski definition) is 3. The van der Waals surface area contributed by atoms with Gasteiger partial charge in [-0.25, -0.2) is 4.39 Å². The third-order valence-electron chi connectivity index (χ3n) is 4.46. The molecule has 5 heteroatoms. The summed E-state index contributed by atoms with van der Waals surface area (Å²) in [5, 5.41) is 12.6. The smallest absolute Gasteiger partial charge is 0.251 e. The number of aliphatic hydroxyl groups excluding tert-OH is 1. The second kappa shape index (κ2) is 7.11. The van der Waals surface area contributed by atoms with Crippen LogP contribution in [0, 0.1) is 5.82 Å².